The molecule has 0 amide bonds. The average Bonchev–Trinajstić information content (AvgIpc) is 2.43. The predicted molar refractivity (Wildman–Crippen MR) is 82.6 cm³/mol. The van der Waals surface area contributed by atoms with Crippen LogP contribution in [0.25, 0.3) is 0 Å². The van der Waals surface area contributed by atoms with Crippen molar-refractivity contribution in [2.45, 2.75) is 31.7 Å². The highest BCUT2D eigenvalue weighted by molar-refractivity contribution is 7.99. The molecule has 1 aliphatic heterocycles. The summed E-state index contributed by atoms with van der Waals surface area (Å²) in [6.07, 6.45) is 4.69. The second-order valence-electron chi connectivity index (χ2n) is 5.23. The molecule has 0 aliphatic carbocycles. The Balaban J connectivity index is 1.92. The summed E-state index contributed by atoms with van der Waals surface area (Å²) in [4.78, 5) is 0. The van der Waals surface area contributed by atoms with Gasteiger partial charge in [0.15, 0.2) is 0 Å². The van der Waals surface area contributed by atoms with Crippen molar-refractivity contribution in [1.29, 1.82) is 0 Å². The van der Waals surface area contributed by atoms with Crippen LogP contribution in [0, 0.1) is 11.7 Å². The molecule has 0 saturated carbocycles. The number of hydrogen-bond acceptors (Lipinski definition) is 2. The van der Waals surface area contributed by atoms with E-state index in [0.717, 1.165) is 17.9 Å². The fourth-order valence-corrected chi connectivity index (χ4v) is 3.96. The Kier molecular flexibility index (Phi) is 5.99. The van der Waals surface area contributed by atoms with Gasteiger partial charge in [0.2, 0.25) is 0 Å². The van der Waals surface area contributed by atoms with Crippen molar-refractivity contribution in [2.24, 2.45) is 5.92 Å². The second-order valence-corrected chi connectivity index (χ2v) is 6.86. The minimum Gasteiger partial charge on any atom is -0.317 e. The van der Waals surface area contributed by atoms with Gasteiger partial charge in [-0.2, -0.15) is 11.8 Å². The summed E-state index contributed by atoms with van der Waals surface area (Å²) in [5.74, 6) is 3.08. The molecule has 0 spiro atoms. The third-order valence-electron chi connectivity index (χ3n) is 3.83. The summed E-state index contributed by atoms with van der Waals surface area (Å²) in [5, 5.41) is 3.57. The average molecular weight is 302 g/mol. The van der Waals surface area contributed by atoms with E-state index in [1.807, 2.05) is 13.1 Å². The minimum absolute atomic E-state index is 0.203. The monoisotopic (exact) mass is 301 g/mol. The quantitative estimate of drug-likeness (QED) is 0.877. The molecule has 0 aromatic heterocycles. The first-order valence-electron chi connectivity index (χ1n) is 6.88. The zero-order valence-electron chi connectivity index (χ0n) is 11.3. The predicted octanol–water partition coefficient (Wildman–Crippen LogP) is 4.14. The highest BCUT2D eigenvalue weighted by atomic mass is 35.5. The van der Waals surface area contributed by atoms with Crippen LogP contribution in [0.15, 0.2) is 18.2 Å². The smallest absolute Gasteiger partial charge is 0.142 e. The molecule has 1 atom stereocenters. The van der Waals surface area contributed by atoms with Crippen molar-refractivity contribution in [3.05, 3.63) is 34.6 Å². The van der Waals surface area contributed by atoms with Gasteiger partial charge in [-0.05, 0) is 67.9 Å². The van der Waals surface area contributed by atoms with Gasteiger partial charge in [-0.3, -0.25) is 0 Å². The molecule has 1 fully saturated rings. The molecule has 1 saturated heterocycles. The van der Waals surface area contributed by atoms with E-state index in [4.69, 9.17) is 11.6 Å². The van der Waals surface area contributed by atoms with Gasteiger partial charge >= 0.3 is 0 Å². The number of rotatable bonds is 5. The van der Waals surface area contributed by atoms with Crippen molar-refractivity contribution in [1.82, 2.24) is 5.32 Å². The molecule has 2 rings (SSSR count). The maximum Gasteiger partial charge on any atom is 0.142 e. The molecular weight excluding hydrogens is 281 g/mol. The summed E-state index contributed by atoms with van der Waals surface area (Å²) in [5.41, 5.74) is 1.02. The third kappa shape index (κ3) is 4.66. The number of hydrogen-bond donors (Lipinski definition) is 1. The number of likely N-dealkylation sites (N-methyl/N-ethyl adjacent to an activating group) is 1. The SMILES string of the molecule is CNC(Cc1ccc(Cl)c(F)c1)CC1CCSCC1. The van der Waals surface area contributed by atoms with Crippen LogP contribution >= 0.6 is 23.4 Å². The first-order chi connectivity index (χ1) is 9.19. The zero-order valence-corrected chi connectivity index (χ0v) is 12.9. The molecule has 106 valence electrons. The Morgan fingerprint density at radius 1 is 1.42 bits per heavy atom. The van der Waals surface area contributed by atoms with Gasteiger partial charge in [-0.25, -0.2) is 4.39 Å². The third-order valence-corrected chi connectivity index (χ3v) is 5.19. The van der Waals surface area contributed by atoms with E-state index >= 15 is 0 Å². The van der Waals surface area contributed by atoms with Crippen molar-refractivity contribution < 1.29 is 4.39 Å². The van der Waals surface area contributed by atoms with Gasteiger partial charge in [0, 0.05) is 6.04 Å². The number of nitrogens with one attached hydrogen (secondary N) is 1. The molecule has 19 heavy (non-hydrogen) atoms. The van der Waals surface area contributed by atoms with Gasteiger partial charge in [-0.1, -0.05) is 17.7 Å². The number of halogens is 2. The molecule has 0 radical (unpaired) electrons. The van der Waals surface area contributed by atoms with Crippen LogP contribution in [0.4, 0.5) is 4.39 Å². The standard InChI is InChI=1S/C15H21ClFNS/c1-18-13(8-11-4-6-19-7-5-11)9-12-2-3-14(16)15(17)10-12/h2-3,10-11,13,18H,4-9H2,1H3. The van der Waals surface area contributed by atoms with E-state index in [1.54, 1.807) is 12.1 Å². The topological polar surface area (TPSA) is 12.0 Å². The van der Waals surface area contributed by atoms with Crippen LogP contribution in [0.2, 0.25) is 5.02 Å². The van der Waals surface area contributed by atoms with Gasteiger partial charge in [0.25, 0.3) is 0 Å². The normalized spacial score (nSPS) is 18.5. The fraction of sp³-hybridized carbons (Fsp3) is 0.600. The Bertz CT molecular complexity index is 407. The van der Waals surface area contributed by atoms with Gasteiger partial charge in [-0.15, -0.1) is 0 Å². The van der Waals surface area contributed by atoms with E-state index in [9.17, 15) is 4.39 Å². The first kappa shape index (κ1) is 15.1. The fourth-order valence-electron chi connectivity index (χ4n) is 2.64. The van der Waals surface area contributed by atoms with Crippen LogP contribution < -0.4 is 5.32 Å². The Hall–Kier alpha value is -0.250. The van der Waals surface area contributed by atoms with E-state index in [1.165, 1.54) is 30.8 Å². The van der Waals surface area contributed by atoms with Crippen LogP contribution in [0.1, 0.15) is 24.8 Å². The lowest BCUT2D eigenvalue weighted by atomic mass is 9.91. The molecule has 1 aromatic carbocycles. The van der Waals surface area contributed by atoms with E-state index in [0.29, 0.717) is 6.04 Å². The molecule has 4 heteroatoms. The van der Waals surface area contributed by atoms with Crippen molar-refractivity contribution in [3.63, 3.8) is 0 Å². The lowest BCUT2D eigenvalue weighted by Gasteiger charge is -2.26. The molecule has 1 aromatic rings. The Morgan fingerprint density at radius 2 is 2.16 bits per heavy atom. The van der Waals surface area contributed by atoms with Gasteiger partial charge in [0.1, 0.15) is 5.82 Å². The molecule has 1 unspecified atom stereocenters. The van der Waals surface area contributed by atoms with Crippen LogP contribution in [0.5, 0.6) is 0 Å². The van der Waals surface area contributed by atoms with E-state index in [2.05, 4.69) is 17.1 Å². The summed E-state index contributed by atoms with van der Waals surface area (Å²) < 4.78 is 13.4. The molecule has 1 aliphatic rings. The molecule has 1 heterocycles. The van der Waals surface area contributed by atoms with E-state index < -0.39 is 0 Å². The lowest BCUT2D eigenvalue weighted by molar-refractivity contribution is 0.376. The number of thioether (sulfide) groups is 1. The van der Waals surface area contributed by atoms with E-state index in [-0.39, 0.29) is 10.8 Å². The Labute approximate surface area is 124 Å². The Morgan fingerprint density at radius 3 is 2.79 bits per heavy atom. The molecule has 1 nitrogen and oxygen atoms in total. The number of benzene rings is 1. The molecule has 1 N–H and O–H groups in total. The van der Waals surface area contributed by atoms with Crippen LogP contribution in [0.3, 0.4) is 0 Å². The van der Waals surface area contributed by atoms with Gasteiger partial charge < -0.3 is 5.32 Å². The van der Waals surface area contributed by atoms with Crippen molar-refractivity contribution in [2.75, 3.05) is 18.6 Å². The van der Waals surface area contributed by atoms with Crippen molar-refractivity contribution >= 4 is 23.4 Å². The summed E-state index contributed by atoms with van der Waals surface area (Å²) in [6.45, 7) is 0. The minimum atomic E-state index is -0.317. The second kappa shape index (κ2) is 7.51. The van der Waals surface area contributed by atoms with Crippen molar-refractivity contribution in [3.8, 4) is 0 Å². The summed E-state index contributed by atoms with van der Waals surface area (Å²) >= 11 is 7.77. The molecular formula is C15H21ClFNS. The van der Waals surface area contributed by atoms with Crippen LogP contribution in [-0.2, 0) is 6.42 Å². The first-order valence-corrected chi connectivity index (χ1v) is 8.41. The summed E-state index contributed by atoms with van der Waals surface area (Å²) in [6, 6.07) is 5.56. The lowest BCUT2D eigenvalue weighted by Crippen LogP contribution is -2.31. The zero-order chi connectivity index (χ0) is 13.7. The van der Waals surface area contributed by atoms with Crippen LogP contribution in [-0.4, -0.2) is 24.6 Å². The maximum atomic E-state index is 13.4. The summed E-state index contributed by atoms with van der Waals surface area (Å²) in [7, 11) is 1.99. The highest BCUT2D eigenvalue weighted by Gasteiger charge is 2.18. The largest absolute Gasteiger partial charge is 0.317 e. The van der Waals surface area contributed by atoms with Gasteiger partial charge in [0.05, 0.1) is 5.02 Å². The highest BCUT2D eigenvalue weighted by Crippen LogP contribution is 2.27. The molecule has 0 bridgehead atoms. The maximum absolute atomic E-state index is 13.4.